The molecule has 0 unspecified atom stereocenters. The van der Waals surface area contributed by atoms with Crippen molar-refractivity contribution in [3.05, 3.63) is 53.1 Å². The standard InChI is InChI=1S/C15H10ClNO3/c16-11-4-2-1-3-10(11)15-17-12-7-9(8-14(18)19)5-6-13(12)20-15/h1-7H,8H2,(H,18,19). The molecule has 5 heteroatoms. The van der Waals surface area contributed by atoms with Gasteiger partial charge in [-0.1, -0.05) is 29.8 Å². The van der Waals surface area contributed by atoms with Crippen LogP contribution in [0.4, 0.5) is 0 Å². The third-order valence-electron chi connectivity index (χ3n) is 2.91. The fourth-order valence-electron chi connectivity index (χ4n) is 2.01. The highest BCUT2D eigenvalue weighted by atomic mass is 35.5. The Bertz CT molecular complexity index is 795. The number of hydrogen-bond donors (Lipinski definition) is 1. The zero-order valence-electron chi connectivity index (χ0n) is 10.3. The molecule has 1 N–H and O–H groups in total. The van der Waals surface area contributed by atoms with Crippen LogP contribution in [0.25, 0.3) is 22.6 Å². The quantitative estimate of drug-likeness (QED) is 0.796. The molecule has 0 bridgehead atoms. The predicted octanol–water partition coefficient (Wildman–Crippen LogP) is 3.78. The lowest BCUT2D eigenvalue weighted by Gasteiger charge is -1.96. The van der Waals surface area contributed by atoms with Gasteiger partial charge in [0, 0.05) is 0 Å². The normalized spacial score (nSPS) is 10.8. The molecule has 0 aliphatic rings. The molecule has 0 spiro atoms. The van der Waals surface area contributed by atoms with E-state index in [2.05, 4.69) is 4.98 Å². The van der Waals surface area contributed by atoms with Gasteiger partial charge in [-0.25, -0.2) is 4.98 Å². The zero-order chi connectivity index (χ0) is 14.1. The SMILES string of the molecule is O=C(O)Cc1ccc2oc(-c3ccccc3Cl)nc2c1. The summed E-state index contributed by atoms with van der Waals surface area (Å²) >= 11 is 6.11. The van der Waals surface area contributed by atoms with Gasteiger partial charge in [-0.3, -0.25) is 4.79 Å². The van der Waals surface area contributed by atoms with E-state index in [0.29, 0.717) is 33.1 Å². The molecule has 20 heavy (non-hydrogen) atoms. The lowest BCUT2D eigenvalue weighted by molar-refractivity contribution is -0.136. The molecule has 0 saturated carbocycles. The van der Waals surface area contributed by atoms with Crippen molar-refractivity contribution >= 4 is 28.7 Å². The molecule has 1 aromatic heterocycles. The van der Waals surface area contributed by atoms with Gasteiger partial charge in [-0.05, 0) is 29.8 Å². The summed E-state index contributed by atoms with van der Waals surface area (Å²) in [6.45, 7) is 0. The Kier molecular flexibility index (Phi) is 3.16. The smallest absolute Gasteiger partial charge is 0.307 e. The summed E-state index contributed by atoms with van der Waals surface area (Å²) in [5.41, 5.74) is 2.63. The van der Waals surface area contributed by atoms with Gasteiger partial charge in [0.15, 0.2) is 5.58 Å². The molecular weight excluding hydrogens is 278 g/mol. The van der Waals surface area contributed by atoms with Gasteiger partial charge in [0.25, 0.3) is 0 Å². The van der Waals surface area contributed by atoms with E-state index in [9.17, 15) is 4.79 Å². The first-order valence-electron chi connectivity index (χ1n) is 5.99. The average molecular weight is 288 g/mol. The van der Waals surface area contributed by atoms with Gasteiger partial charge in [0.1, 0.15) is 5.52 Å². The topological polar surface area (TPSA) is 63.3 Å². The molecule has 0 atom stereocenters. The van der Waals surface area contributed by atoms with Gasteiger partial charge in [0.05, 0.1) is 17.0 Å². The number of carboxylic acid groups (broad SMARTS) is 1. The summed E-state index contributed by atoms with van der Waals surface area (Å²) < 4.78 is 5.65. The van der Waals surface area contributed by atoms with Crippen LogP contribution < -0.4 is 0 Å². The van der Waals surface area contributed by atoms with E-state index < -0.39 is 5.97 Å². The third kappa shape index (κ3) is 2.38. The average Bonchev–Trinajstić information content (AvgIpc) is 2.81. The van der Waals surface area contributed by atoms with Crippen molar-refractivity contribution in [2.24, 2.45) is 0 Å². The molecule has 100 valence electrons. The van der Waals surface area contributed by atoms with Crippen LogP contribution in [0.5, 0.6) is 0 Å². The van der Waals surface area contributed by atoms with Crippen LogP contribution in [-0.4, -0.2) is 16.1 Å². The first-order chi connectivity index (χ1) is 9.63. The van der Waals surface area contributed by atoms with E-state index in [1.807, 2.05) is 18.2 Å². The monoisotopic (exact) mass is 287 g/mol. The fourth-order valence-corrected chi connectivity index (χ4v) is 2.22. The van der Waals surface area contributed by atoms with Crippen molar-refractivity contribution in [2.45, 2.75) is 6.42 Å². The molecule has 0 radical (unpaired) electrons. The maximum Gasteiger partial charge on any atom is 0.307 e. The molecule has 0 fully saturated rings. The summed E-state index contributed by atoms with van der Waals surface area (Å²) in [6.07, 6.45) is -0.0375. The Morgan fingerprint density at radius 3 is 2.80 bits per heavy atom. The van der Waals surface area contributed by atoms with Crippen LogP contribution in [0, 0.1) is 0 Å². The second kappa shape index (κ2) is 4.98. The second-order valence-electron chi connectivity index (χ2n) is 4.37. The summed E-state index contributed by atoms with van der Waals surface area (Å²) in [6, 6.07) is 12.4. The number of rotatable bonds is 3. The lowest BCUT2D eigenvalue weighted by atomic mass is 10.1. The molecule has 3 rings (SSSR count). The molecular formula is C15H10ClNO3. The Morgan fingerprint density at radius 1 is 1.25 bits per heavy atom. The van der Waals surface area contributed by atoms with E-state index in [1.54, 1.807) is 24.3 Å². The highest BCUT2D eigenvalue weighted by molar-refractivity contribution is 6.33. The van der Waals surface area contributed by atoms with Crippen LogP contribution in [0.15, 0.2) is 46.9 Å². The summed E-state index contributed by atoms with van der Waals surface area (Å²) in [7, 11) is 0. The maximum absolute atomic E-state index is 10.7. The number of benzene rings is 2. The molecule has 0 amide bonds. The zero-order valence-corrected chi connectivity index (χ0v) is 11.1. The number of carbonyl (C=O) groups is 1. The Hall–Kier alpha value is -2.33. The highest BCUT2D eigenvalue weighted by Gasteiger charge is 2.12. The largest absolute Gasteiger partial charge is 0.481 e. The summed E-state index contributed by atoms with van der Waals surface area (Å²) in [5, 5.41) is 9.36. The molecule has 0 saturated heterocycles. The van der Waals surface area contributed by atoms with Crippen molar-refractivity contribution < 1.29 is 14.3 Å². The number of oxazole rings is 1. The first-order valence-corrected chi connectivity index (χ1v) is 6.37. The number of hydrogen-bond acceptors (Lipinski definition) is 3. The van der Waals surface area contributed by atoms with Crippen LogP contribution in [0.1, 0.15) is 5.56 Å². The molecule has 3 aromatic rings. The Labute approximate surface area is 119 Å². The minimum absolute atomic E-state index is 0.0375. The molecule has 1 heterocycles. The van der Waals surface area contributed by atoms with Crippen molar-refractivity contribution in [1.82, 2.24) is 4.98 Å². The van der Waals surface area contributed by atoms with Crippen molar-refractivity contribution in [2.75, 3.05) is 0 Å². The Balaban J connectivity index is 2.07. The van der Waals surface area contributed by atoms with Crippen LogP contribution in [0.2, 0.25) is 5.02 Å². The number of nitrogens with zero attached hydrogens (tertiary/aromatic N) is 1. The summed E-state index contributed by atoms with van der Waals surface area (Å²) in [5.74, 6) is -0.447. The molecule has 0 aliphatic heterocycles. The summed E-state index contributed by atoms with van der Waals surface area (Å²) in [4.78, 5) is 15.1. The molecule has 4 nitrogen and oxygen atoms in total. The van der Waals surface area contributed by atoms with Crippen LogP contribution in [-0.2, 0) is 11.2 Å². The van der Waals surface area contributed by atoms with Crippen LogP contribution in [0.3, 0.4) is 0 Å². The maximum atomic E-state index is 10.7. The van der Waals surface area contributed by atoms with Gasteiger partial charge < -0.3 is 9.52 Å². The second-order valence-corrected chi connectivity index (χ2v) is 4.78. The Morgan fingerprint density at radius 2 is 2.05 bits per heavy atom. The number of carboxylic acids is 1. The predicted molar refractivity (Wildman–Crippen MR) is 75.8 cm³/mol. The van der Waals surface area contributed by atoms with Gasteiger partial charge in [-0.15, -0.1) is 0 Å². The van der Waals surface area contributed by atoms with E-state index in [0.717, 1.165) is 0 Å². The molecule has 0 aliphatic carbocycles. The number of halogens is 1. The highest BCUT2D eigenvalue weighted by Crippen LogP contribution is 2.30. The van der Waals surface area contributed by atoms with Crippen LogP contribution >= 0.6 is 11.6 Å². The molecule has 2 aromatic carbocycles. The number of aromatic nitrogens is 1. The first kappa shape index (κ1) is 12.7. The lowest BCUT2D eigenvalue weighted by Crippen LogP contribution is -1.99. The van der Waals surface area contributed by atoms with E-state index in [-0.39, 0.29) is 6.42 Å². The van der Waals surface area contributed by atoms with E-state index >= 15 is 0 Å². The van der Waals surface area contributed by atoms with Crippen molar-refractivity contribution in [3.8, 4) is 11.5 Å². The van der Waals surface area contributed by atoms with E-state index in [1.165, 1.54) is 0 Å². The fraction of sp³-hybridized carbons (Fsp3) is 0.0667. The minimum Gasteiger partial charge on any atom is -0.481 e. The van der Waals surface area contributed by atoms with Crippen molar-refractivity contribution in [3.63, 3.8) is 0 Å². The number of fused-ring (bicyclic) bond motifs is 1. The van der Waals surface area contributed by atoms with Gasteiger partial charge in [-0.2, -0.15) is 0 Å². The van der Waals surface area contributed by atoms with Gasteiger partial charge in [0.2, 0.25) is 5.89 Å². The number of aliphatic carboxylic acids is 1. The van der Waals surface area contributed by atoms with Gasteiger partial charge >= 0.3 is 5.97 Å². The third-order valence-corrected chi connectivity index (χ3v) is 3.24. The van der Waals surface area contributed by atoms with Crippen molar-refractivity contribution in [1.29, 1.82) is 0 Å². The van der Waals surface area contributed by atoms with E-state index in [4.69, 9.17) is 21.1 Å². The minimum atomic E-state index is -0.876.